The predicted octanol–water partition coefficient (Wildman–Crippen LogP) is 7.10. The highest BCUT2D eigenvalue weighted by Crippen LogP contribution is 2.39. The molecule has 20 nitrogen and oxygen atoms in total. The number of hydrogen-bond acceptors (Lipinski definition) is 18. The summed E-state index contributed by atoms with van der Waals surface area (Å²) >= 11 is 0. The zero-order valence-corrected chi connectivity index (χ0v) is 43.2. The molecule has 0 spiro atoms. The van der Waals surface area contributed by atoms with Crippen molar-refractivity contribution < 1.29 is 35.8 Å². The fourth-order valence-electron chi connectivity index (χ4n) is 7.76. The van der Waals surface area contributed by atoms with Gasteiger partial charge >= 0.3 is 0 Å². The lowest BCUT2D eigenvalue weighted by Gasteiger charge is -2.21. The molecule has 22 heteroatoms. The van der Waals surface area contributed by atoms with Gasteiger partial charge in [-0.05, 0) is 76.2 Å². The number of pyridine rings is 2. The number of benzene rings is 2. The maximum absolute atomic E-state index is 13.6. The van der Waals surface area contributed by atoms with Gasteiger partial charge in [-0.15, -0.1) is 20.4 Å². The summed E-state index contributed by atoms with van der Waals surface area (Å²) < 4.78 is 80.2. The van der Waals surface area contributed by atoms with Crippen molar-refractivity contribution in [2.45, 2.75) is 75.4 Å². The van der Waals surface area contributed by atoms with Crippen LogP contribution in [-0.2, 0) is 31.2 Å². The number of sulfone groups is 2. The van der Waals surface area contributed by atoms with Crippen LogP contribution in [0.25, 0.3) is 34.2 Å². The molecule has 2 aromatic carbocycles. The third-order valence-electron chi connectivity index (χ3n) is 12.3. The Kier molecular flexibility index (Phi) is 16.3. The quantitative estimate of drug-likeness (QED) is 0.0831. The van der Waals surface area contributed by atoms with Gasteiger partial charge in [0.05, 0.1) is 61.7 Å². The van der Waals surface area contributed by atoms with Crippen molar-refractivity contribution in [2.24, 2.45) is 0 Å². The first kappa shape index (κ1) is 52.1. The maximum Gasteiger partial charge on any atom is 0.170 e. The van der Waals surface area contributed by atoms with Gasteiger partial charge in [-0.2, -0.15) is 0 Å². The minimum Gasteiger partial charge on any atom is -0.494 e. The van der Waals surface area contributed by atoms with Crippen molar-refractivity contribution in [3.8, 4) is 57.1 Å². The number of aromatic nitrogens is 12. The van der Waals surface area contributed by atoms with Gasteiger partial charge in [0.15, 0.2) is 43.0 Å². The van der Waals surface area contributed by atoms with Crippen LogP contribution in [0.5, 0.6) is 23.0 Å². The molecule has 0 fully saturated rings. The second-order valence-electron chi connectivity index (χ2n) is 16.8. The van der Waals surface area contributed by atoms with Crippen molar-refractivity contribution in [2.75, 3.05) is 28.4 Å². The summed E-state index contributed by atoms with van der Waals surface area (Å²) in [5, 5.41) is 15.8. The zero-order valence-electron chi connectivity index (χ0n) is 41.6. The maximum atomic E-state index is 13.6. The summed E-state index contributed by atoms with van der Waals surface area (Å²) in [4.78, 5) is 25.6. The topological polar surface area (TPSA) is 244 Å². The SMILES string of the molecule is COc1cccc(OC)c1-n1c(CS(=O)(=O)[C@@H](C)[C@H](C)c2cnc(C)cn2)nnc1-c1cccnc1.COc1cccc(OC)c1-n1c(CS(=O)(=O)[C@H](C)[C@@H](C)c2cnc(C)cn2)nnc1-c1cccnc1. The molecule has 0 saturated carbocycles. The molecule has 0 saturated heterocycles. The molecule has 0 unspecified atom stereocenters. The molecule has 376 valence electrons. The van der Waals surface area contributed by atoms with E-state index in [1.807, 2.05) is 39.8 Å². The number of aryl methyl sites for hydroxylation is 2. The molecule has 0 radical (unpaired) electrons. The average Bonchev–Trinajstić information content (AvgIpc) is 4.01. The molecule has 0 aliphatic rings. The van der Waals surface area contributed by atoms with Crippen LogP contribution in [0.4, 0.5) is 0 Å². The normalized spacial score (nSPS) is 13.2. The summed E-state index contributed by atoms with van der Waals surface area (Å²) in [6, 6.07) is 17.9. The van der Waals surface area contributed by atoms with E-state index >= 15 is 0 Å². The first-order valence-corrected chi connectivity index (χ1v) is 26.1. The van der Waals surface area contributed by atoms with Gasteiger partial charge in [-0.3, -0.25) is 39.0 Å². The molecule has 0 aliphatic heterocycles. The van der Waals surface area contributed by atoms with Gasteiger partial charge in [0.2, 0.25) is 0 Å². The summed E-state index contributed by atoms with van der Waals surface area (Å²) in [5.41, 5.74) is 5.09. The molecule has 0 aliphatic carbocycles. The smallest absolute Gasteiger partial charge is 0.170 e. The fraction of sp³-hybridized carbons (Fsp3) is 0.320. The number of rotatable bonds is 18. The number of para-hydroxylation sites is 2. The van der Waals surface area contributed by atoms with E-state index in [0.29, 0.717) is 68.5 Å². The van der Waals surface area contributed by atoms with Crippen LogP contribution in [0.15, 0.2) is 110 Å². The Morgan fingerprint density at radius 1 is 0.472 bits per heavy atom. The number of methoxy groups -OCH3 is 4. The first-order valence-electron chi connectivity index (χ1n) is 22.7. The van der Waals surface area contributed by atoms with Crippen LogP contribution >= 0.6 is 0 Å². The minimum absolute atomic E-state index is 0.227. The van der Waals surface area contributed by atoms with Gasteiger partial charge in [0.25, 0.3) is 0 Å². The van der Waals surface area contributed by atoms with E-state index in [2.05, 4.69) is 50.3 Å². The van der Waals surface area contributed by atoms with E-state index in [1.54, 1.807) is 121 Å². The average molecular weight is 1020 g/mol. The van der Waals surface area contributed by atoms with Crippen LogP contribution in [0.2, 0.25) is 0 Å². The van der Waals surface area contributed by atoms with E-state index in [-0.39, 0.29) is 35.0 Å². The first-order chi connectivity index (χ1) is 34.5. The molecule has 0 amide bonds. The number of hydrogen-bond donors (Lipinski definition) is 0. The highest BCUT2D eigenvalue weighted by atomic mass is 32.2. The Bertz CT molecular complexity index is 3060. The molecule has 0 bridgehead atoms. The van der Waals surface area contributed by atoms with Crippen molar-refractivity contribution in [1.82, 2.24) is 59.4 Å². The monoisotopic (exact) mass is 1020 g/mol. The van der Waals surface area contributed by atoms with E-state index in [0.717, 1.165) is 11.4 Å². The second kappa shape index (κ2) is 22.6. The van der Waals surface area contributed by atoms with E-state index in [9.17, 15) is 16.8 Å². The Morgan fingerprint density at radius 2 is 0.833 bits per heavy atom. The van der Waals surface area contributed by atoms with Crippen LogP contribution in [0.3, 0.4) is 0 Å². The van der Waals surface area contributed by atoms with Crippen LogP contribution in [0, 0.1) is 13.8 Å². The van der Waals surface area contributed by atoms with E-state index < -0.39 is 30.2 Å². The van der Waals surface area contributed by atoms with Crippen molar-refractivity contribution in [1.29, 1.82) is 0 Å². The predicted molar refractivity (Wildman–Crippen MR) is 270 cm³/mol. The van der Waals surface area contributed by atoms with E-state index in [4.69, 9.17) is 18.9 Å². The lowest BCUT2D eigenvalue weighted by molar-refractivity contribution is 0.390. The molecule has 8 aromatic rings. The minimum atomic E-state index is -3.70. The Hall–Kier alpha value is -7.72. The van der Waals surface area contributed by atoms with Gasteiger partial charge in [-0.25, -0.2) is 16.8 Å². The lowest BCUT2D eigenvalue weighted by Crippen LogP contribution is -2.27. The molecular formula is C50H56N12O8S2. The Labute approximate surface area is 418 Å². The van der Waals surface area contributed by atoms with Gasteiger partial charge in [-0.1, -0.05) is 26.0 Å². The third kappa shape index (κ3) is 11.2. The largest absolute Gasteiger partial charge is 0.494 e. The van der Waals surface area contributed by atoms with Crippen LogP contribution in [0.1, 0.15) is 74.0 Å². The van der Waals surface area contributed by atoms with Gasteiger partial charge in [0.1, 0.15) is 45.9 Å². The van der Waals surface area contributed by atoms with Crippen molar-refractivity contribution in [3.63, 3.8) is 0 Å². The van der Waals surface area contributed by atoms with Crippen LogP contribution in [-0.4, -0.2) is 115 Å². The molecule has 6 heterocycles. The van der Waals surface area contributed by atoms with Crippen LogP contribution < -0.4 is 18.9 Å². The molecular weight excluding hydrogens is 961 g/mol. The summed E-state index contributed by atoms with van der Waals surface area (Å²) in [6.07, 6.45) is 13.1. The van der Waals surface area contributed by atoms with E-state index in [1.165, 1.54) is 28.4 Å². The standard InChI is InChI=1S/2C25H28N6O4S/c2*1-16-12-28-20(14-27-16)17(2)18(3)36(32,33)15-23-29-30-25(19-8-7-11-26-13-19)31(23)24-21(34-4)9-6-10-22(24)35-5/h2*6-14,17-18H,15H2,1-5H3/t2*17-,18-/m10/s1. The molecule has 6 aromatic heterocycles. The summed E-state index contributed by atoms with van der Waals surface area (Å²) in [7, 11) is -1.25. The number of nitrogens with zero attached hydrogens (tertiary/aromatic N) is 12. The molecule has 4 atom stereocenters. The molecule has 72 heavy (non-hydrogen) atoms. The highest BCUT2D eigenvalue weighted by Gasteiger charge is 2.34. The molecule has 8 rings (SSSR count). The van der Waals surface area contributed by atoms with Crippen molar-refractivity contribution in [3.05, 3.63) is 145 Å². The van der Waals surface area contributed by atoms with Gasteiger partial charge in [0, 0.05) is 72.5 Å². The fourth-order valence-corrected chi connectivity index (χ4v) is 10.9. The highest BCUT2D eigenvalue weighted by molar-refractivity contribution is 7.91. The van der Waals surface area contributed by atoms with Crippen molar-refractivity contribution >= 4 is 19.7 Å². The summed E-state index contributed by atoms with van der Waals surface area (Å²) in [6.45, 7) is 10.7. The second-order valence-corrected chi connectivity index (χ2v) is 21.5. The third-order valence-corrected chi connectivity index (χ3v) is 16.7. The molecule has 0 N–H and O–H groups in total. The number of ether oxygens (including phenoxy) is 4. The zero-order chi connectivity index (χ0) is 51.7. The Morgan fingerprint density at radius 3 is 1.12 bits per heavy atom. The lowest BCUT2D eigenvalue weighted by atomic mass is 10.1. The summed E-state index contributed by atoms with van der Waals surface area (Å²) in [5.74, 6) is 1.75. The van der Waals surface area contributed by atoms with Gasteiger partial charge < -0.3 is 18.9 Å². The Balaban J connectivity index is 0.000000211.